The second-order valence-corrected chi connectivity index (χ2v) is 20.9. The number of carbonyl (C=O) groups is 3. The Bertz CT molecular complexity index is 1630. The van der Waals surface area contributed by atoms with Gasteiger partial charge in [-0.15, -0.1) is 0 Å². The number of ketones is 1. The third kappa shape index (κ3) is 6.89. The van der Waals surface area contributed by atoms with Gasteiger partial charge < -0.3 is 64.3 Å². The van der Waals surface area contributed by atoms with Crippen LogP contribution in [-0.2, 0) is 33.3 Å². The molecule has 7 rings (SSSR count). The van der Waals surface area contributed by atoms with Gasteiger partial charge in [0.25, 0.3) is 0 Å². The molecular weight excluding hydrogens is 753 g/mol. The van der Waals surface area contributed by atoms with E-state index in [2.05, 4.69) is 41.5 Å². The van der Waals surface area contributed by atoms with Crippen molar-refractivity contribution in [1.29, 1.82) is 0 Å². The molecule has 57 heavy (non-hydrogen) atoms. The third-order valence-electron chi connectivity index (χ3n) is 16.9. The van der Waals surface area contributed by atoms with E-state index < -0.39 is 90.3 Å². The van der Waals surface area contributed by atoms with Crippen LogP contribution < -0.4 is 10.2 Å². The summed E-state index contributed by atoms with van der Waals surface area (Å²) in [5.74, 6) is -3.45. The summed E-state index contributed by atoms with van der Waals surface area (Å²) in [6.07, 6.45) is -10.3. The van der Waals surface area contributed by atoms with E-state index in [0.717, 1.165) is 38.5 Å². The van der Waals surface area contributed by atoms with Gasteiger partial charge in [-0.1, -0.05) is 61.0 Å². The van der Waals surface area contributed by atoms with Gasteiger partial charge in [-0.2, -0.15) is 0 Å². The maximum atomic E-state index is 14.8. The number of ether oxygens (including phenoxy) is 4. The number of aliphatic hydroxyl groups is 5. The summed E-state index contributed by atoms with van der Waals surface area (Å²) >= 11 is 0. The smallest absolute Gasteiger partial charge is 0.547 e. The number of carbonyl (C=O) groups excluding carboxylic acids is 3. The number of hydrogen-bond acceptors (Lipinski definition) is 14. The van der Waals surface area contributed by atoms with Gasteiger partial charge >= 0.3 is 23.1 Å². The predicted octanol–water partition coefficient (Wildman–Crippen LogP) is 0.131. The Hall–Kier alpha value is -1.24. The number of rotatable bonds is 6. The van der Waals surface area contributed by atoms with Crippen molar-refractivity contribution >= 4 is 40.8 Å². The molecule has 0 bridgehead atoms. The van der Waals surface area contributed by atoms with Gasteiger partial charge in [-0.25, -0.2) is 0 Å². The summed E-state index contributed by atoms with van der Waals surface area (Å²) in [5.41, 5.74) is 0.258. The second kappa shape index (κ2) is 15.0. The molecule has 2 aliphatic heterocycles. The zero-order valence-electron chi connectivity index (χ0n) is 34.6. The van der Waals surface area contributed by atoms with Crippen LogP contribution in [0.3, 0.4) is 0 Å². The van der Waals surface area contributed by atoms with Crippen molar-refractivity contribution in [3.05, 3.63) is 11.6 Å². The Morgan fingerprint density at radius 1 is 0.719 bits per heavy atom. The molecule has 6 fully saturated rings. The average Bonchev–Trinajstić information content (AvgIpc) is 3.10. The number of hydrogen-bond donors (Lipinski definition) is 5. The minimum atomic E-state index is -2.13. The van der Waals surface area contributed by atoms with Gasteiger partial charge in [-0.05, 0) is 108 Å². The number of carboxylic acids is 2. The molecule has 5 N–H and O–H groups in total. The molecule has 18 atom stereocenters. The van der Waals surface area contributed by atoms with E-state index in [9.17, 15) is 50.1 Å². The van der Waals surface area contributed by atoms with Crippen LogP contribution in [0.2, 0.25) is 0 Å². The first-order chi connectivity index (χ1) is 25.8. The van der Waals surface area contributed by atoms with Crippen LogP contribution >= 0.6 is 0 Å². The zero-order chi connectivity index (χ0) is 41.3. The van der Waals surface area contributed by atoms with Crippen LogP contribution in [0.25, 0.3) is 0 Å². The summed E-state index contributed by atoms with van der Waals surface area (Å²) in [5, 5.41) is 76.8. The number of aliphatic carboxylic acids is 2. The van der Waals surface area contributed by atoms with Gasteiger partial charge in [-0.3, -0.25) is 4.79 Å². The molecule has 0 aromatic heterocycles. The van der Waals surface area contributed by atoms with Crippen LogP contribution in [0.1, 0.15) is 113 Å². The van der Waals surface area contributed by atoms with E-state index in [0.29, 0.717) is 18.8 Å². The molecule has 0 amide bonds. The first-order valence-electron chi connectivity index (χ1n) is 20.5. The summed E-state index contributed by atoms with van der Waals surface area (Å²) in [6, 6.07) is 0. The van der Waals surface area contributed by atoms with Crippen molar-refractivity contribution in [2.24, 2.45) is 50.2 Å². The average molecular weight is 815 g/mol. The largest absolute Gasteiger partial charge is 2.00 e. The Balaban J connectivity index is 0.00000549. The van der Waals surface area contributed by atoms with E-state index in [-0.39, 0.29) is 62.3 Å². The van der Waals surface area contributed by atoms with Gasteiger partial charge in [0.2, 0.25) is 0 Å². The van der Waals surface area contributed by atoms with E-state index in [1.807, 2.05) is 19.9 Å². The first kappa shape index (κ1) is 45.3. The molecular formula is C42H62MgO14. The number of fused-ring (bicyclic) bond motifs is 7. The molecule has 2 heterocycles. The molecule has 0 aromatic carbocycles. The van der Waals surface area contributed by atoms with Crippen LogP contribution in [-0.4, -0.2) is 134 Å². The fraction of sp³-hybridized carbons (Fsp3) is 0.881. The van der Waals surface area contributed by atoms with Gasteiger partial charge in [0.1, 0.15) is 48.8 Å². The third-order valence-corrected chi connectivity index (χ3v) is 16.9. The Morgan fingerprint density at radius 3 is 1.91 bits per heavy atom. The van der Waals surface area contributed by atoms with E-state index in [4.69, 9.17) is 18.9 Å². The standard InChI is InChI=1S/C42H64O14.Mg/c1-37(2)13-14-39(5)15-16-41(7)19(20(39)18-37)17-21(43)32-40(6)11-10-23(38(3,4)22(40)9-12-42(32,41)8)53-36-31(27(47)26(46)30(55-36)34(51)52)56-35-28(48)24(44)25(45)29(54-35)33(49)50;/h17,20,22-32,35-36,44-48H,9-16,18H2,1-8H3,(H,49,50)(H,51,52);/q;+2/p-2/t20-,22+,23+,24-,25+,26+,27-,28?,29?,30?,31?,32-,35+,36+,39-,40+,41-,42-;/m1./s1. The summed E-state index contributed by atoms with van der Waals surface area (Å²) in [7, 11) is 0. The van der Waals surface area contributed by atoms with Crippen LogP contribution in [0.4, 0.5) is 0 Å². The quantitative estimate of drug-likeness (QED) is 0.177. The minimum absolute atomic E-state index is 0. The summed E-state index contributed by atoms with van der Waals surface area (Å²) in [4.78, 5) is 38.5. The maximum absolute atomic E-state index is 14.8. The number of carboxylic acid groups (broad SMARTS) is 2. The Labute approximate surface area is 351 Å². The van der Waals surface area contributed by atoms with Crippen LogP contribution in [0, 0.1) is 50.2 Å². The fourth-order valence-corrected chi connectivity index (χ4v) is 13.3. The van der Waals surface area contributed by atoms with Crippen molar-refractivity contribution in [3.8, 4) is 0 Å². The Kier molecular flexibility index (Phi) is 11.9. The second-order valence-electron chi connectivity index (χ2n) is 20.9. The molecule has 0 radical (unpaired) electrons. The minimum Gasteiger partial charge on any atom is -0.547 e. The molecule has 14 nitrogen and oxygen atoms in total. The summed E-state index contributed by atoms with van der Waals surface area (Å²) in [6.45, 7) is 18.2. The molecule has 2 saturated heterocycles. The molecule has 4 saturated carbocycles. The topological polar surface area (TPSA) is 235 Å². The summed E-state index contributed by atoms with van der Waals surface area (Å²) < 4.78 is 23.2. The molecule has 4 unspecified atom stereocenters. The van der Waals surface area contributed by atoms with Crippen molar-refractivity contribution < 1.29 is 69.1 Å². The van der Waals surface area contributed by atoms with Gasteiger partial charge in [0.15, 0.2) is 18.4 Å². The van der Waals surface area contributed by atoms with Crippen LogP contribution in [0.5, 0.6) is 0 Å². The molecule has 7 aliphatic rings. The van der Waals surface area contributed by atoms with Crippen molar-refractivity contribution in [3.63, 3.8) is 0 Å². The molecule has 15 heteroatoms. The molecule has 0 spiro atoms. The normalized spacial score (nSPS) is 51.5. The van der Waals surface area contributed by atoms with Gasteiger partial charge in [0, 0.05) is 5.92 Å². The van der Waals surface area contributed by atoms with Crippen LogP contribution in [0.15, 0.2) is 11.6 Å². The van der Waals surface area contributed by atoms with Gasteiger partial charge in [0.05, 0.1) is 18.0 Å². The first-order valence-corrected chi connectivity index (χ1v) is 20.5. The zero-order valence-corrected chi connectivity index (χ0v) is 36.1. The number of allylic oxidation sites excluding steroid dienone is 2. The monoisotopic (exact) mass is 814 g/mol. The molecule has 316 valence electrons. The molecule has 0 aromatic rings. The van der Waals surface area contributed by atoms with Crippen molar-refractivity contribution in [2.45, 2.75) is 181 Å². The van der Waals surface area contributed by atoms with Crippen molar-refractivity contribution in [2.75, 3.05) is 0 Å². The maximum Gasteiger partial charge on any atom is 2.00 e. The SMILES string of the molecule is CC1(C)CC[C@]2(C)CC[C@]3(C)C(=CC(=O)[C@@H]4[C@@]5(C)CC[C@H](O[C@H]6OC(C(=O)[O-])[C@@H](O)[C@@H](O)C6O[C@@H]6OC(C(=O)[O-])[C@@H](O)[C@@H](O)C6O)C(C)(C)[C@@H]5CC[C@]43C)[C@H]2C1.[Mg+2]. The van der Waals surface area contributed by atoms with Crippen molar-refractivity contribution in [1.82, 2.24) is 0 Å². The number of aliphatic hydroxyl groups excluding tert-OH is 5. The van der Waals surface area contributed by atoms with E-state index in [1.54, 1.807) is 0 Å². The fourth-order valence-electron chi connectivity index (χ4n) is 13.3. The molecule has 5 aliphatic carbocycles. The van der Waals surface area contributed by atoms with E-state index >= 15 is 0 Å². The predicted molar refractivity (Wildman–Crippen MR) is 198 cm³/mol. The Morgan fingerprint density at radius 2 is 1.30 bits per heavy atom. The van der Waals surface area contributed by atoms with E-state index in [1.165, 1.54) is 12.0 Å².